The van der Waals surface area contributed by atoms with E-state index in [1.807, 2.05) is 4.57 Å². The smallest absolute Gasteiger partial charge is 0.290 e. The zero-order valence-electron chi connectivity index (χ0n) is 15.1. The maximum Gasteiger partial charge on any atom is 0.290 e. The summed E-state index contributed by atoms with van der Waals surface area (Å²) >= 11 is 0. The first-order valence-corrected chi connectivity index (χ1v) is 11.2. The Labute approximate surface area is 158 Å². The van der Waals surface area contributed by atoms with E-state index in [9.17, 15) is 18.0 Å². The van der Waals surface area contributed by atoms with E-state index in [2.05, 4.69) is 10.3 Å². The van der Waals surface area contributed by atoms with Gasteiger partial charge in [0.25, 0.3) is 11.8 Å². The van der Waals surface area contributed by atoms with Gasteiger partial charge >= 0.3 is 0 Å². The summed E-state index contributed by atoms with van der Waals surface area (Å²) in [6.07, 6.45) is 2.99. The van der Waals surface area contributed by atoms with E-state index in [0.29, 0.717) is 51.5 Å². The molecule has 148 valence electrons. The van der Waals surface area contributed by atoms with Crippen LogP contribution >= 0.6 is 0 Å². The second kappa shape index (κ2) is 7.23. The molecule has 9 nitrogen and oxygen atoms in total. The van der Waals surface area contributed by atoms with Gasteiger partial charge in [-0.15, -0.1) is 0 Å². The molecule has 1 unspecified atom stereocenters. The predicted molar refractivity (Wildman–Crippen MR) is 96.4 cm³/mol. The van der Waals surface area contributed by atoms with Crippen LogP contribution in [0.15, 0.2) is 0 Å². The van der Waals surface area contributed by atoms with Gasteiger partial charge in [0.2, 0.25) is 0 Å². The topological polar surface area (TPSA) is 111 Å². The predicted octanol–water partition coefficient (Wildman–Crippen LogP) is -0.391. The number of hydrogen-bond acceptors (Lipinski definition) is 6. The lowest BCUT2D eigenvalue weighted by Gasteiger charge is -2.27. The van der Waals surface area contributed by atoms with Gasteiger partial charge < -0.3 is 19.5 Å². The lowest BCUT2D eigenvalue weighted by atomic mass is 10.1. The number of aromatic nitrogens is 2. The highest BCUT2D eigenvalue weighted by atomic mass is 32.2. The van der Waals surface area contributed by atoms with E-state index in [0.717, 1.165) is 18.5 Å². The molecule has 0 spiro atoms. The molecule has 0 saturated carbocycles. The highest BCUT2D eigenvalue weighted by Gasteiger charge is 2.33. The second-order valence-corrected chi connectivity index (χ2v) is 9.55. The van der Waals surface area contributed by atoms with Crippen LogP contribution in [0.2, 0.25) is 0 Å². The lowest BCUT2D eigenvalue weighted by Crippen LogP contribution is -2.42. The van der Waals surface area contributed by atoms with Crippen LogP contribution in [0.3, 0.4) is 0 Å². The van der Waals surface area contributed by atoms with Crippen LogP contribution in [0.1, 0.15) is 46.1 Å². The average Bonchev–Trinajstić information content (AvgIpc) is 3.22. The number of rotatable bonds is 3. The first-order chi connectivity index (χ1) is 12.9. The number of nitrogens with zero attached hydrogens (tertiary/aromatic N) is 3. The van der Waals surface area contributed by atoms with Gasteiger partial charge in [0, 0.05) is 25.7 Å². The standard InChI is InChI=1S/C17H24N4O5S/c22-16(18-12-4-10-27(24,25)11-12)14-13-3-1-2-5-21(13)15(19-14)17(23)20-6-8-26-9-7-20/h12H,1-11H2,(H,18,22). The number of nitrogens with one attached hydrogen (secondary N) is 1. The molecule has 2 amide bonds. The molecule has 27 heavy (non-hydrogen) atoms. The number of imidazole rings is 1. The molecule has 4 heterocycles. The number of fused-ring (bicyclic) bond motifs is 1. The summed E-state index contributed by atoms with van der Waals surface area (Å²) in [6, 6.07) is -0.387. The third-order valence-electron chi connectivity index (χ3n) is 5.39. The number of amides is 2. The Balaban J connectivity index is 1.58. The summed E-state index contributed by atoms with van der Waals surface area (Å²) in [5, 5.41) is 2.79. The van der Waals surface area contributed by atoms with Crippen LogP contribution in [-0.4, -0.2) is 78.5 Å². The van der Waals surface area contributed by atoms with E-state index in [4.69, 9.17) is 4.74 Å². The zero-order chi connectivity index (χ0) is 19.0. The highest BCUT2D eigenvalue weighted by Crippen LogP contribution is 2.23. The minimum atomic E-state index is -3.08. The number of hydrogen-bond donors (Lipinski definition) is 1. The Morgan fingerprint density at radius 1 is 1.15 bits per heavy atom. The molecule has 10 heteroatoms. The quantitative estimate of drug-likeness (QED) is 0.745. The summed E-state index contributed by atoms with van der Waals surface area (Å²) < 4.78 is 30.4. The van der Waals surface area contributed by atoms with Gasteiger partial charge in [-0.05, 0) is 25.7 Å². The summed E-state index contributed by atoms with van der Waals surface area (Å²) in [7, 11) is -3.08. The van der Waals surface area contributed by atoms with Gasteiger partial charge in [-0.25, -0.2) is 13.4 Å². The van der Waals surface area contributed by atoms with Crippen LogP contribution < -0.4 is 5.32 Å². The minimum Gasteiger partial charge on any atom is -0.378 e. The zero-order valence-corrected chi connectivity index (χ0v) is 16.0. The van der Waals surface area contributed by atoms with Crippen LogP contribution in [-0.2, 0) is 27.5 Å². The third kappa shape index (κ3) is 3.73. The molecule has 1 aromatic heterocycles. The van der Waals surface area contributed by atoms with Crippen LogP contribution in [0.4, 0.5) is 0 Å². The maximum absolute atomic E-state index is 12.9. The van der Waals surface area contributed by atoms with Crippen molar-refractivity contribution in [2.45, 2.75) is 38.3 Å². The monoisotopic (exact) mass is 396 g/mol. The molecule has 3 aliphatic rings. The summed E-state index contributed by atoms with van der Waals surface area (Å²) in [5.74, 6) is -0.197. The van der Waals surface area contributed by atoms with E-state index in [1.54, 1.807) is 4.90 Å². The van der Waals surface area contributed by atoms with Crippen molar-refractivity contribution >= 4 is 21.7 Å². The molecule has 0 radical (unpaired) electrons. The van der Waals surface area contributed by atoms with E-state index in [-0.39, 0.29) is 35.1 Å². The largest absolute Gasteiger partial charge is 0.378 e. The van der Waals surface area contributed by atoms with Gasteiger partial charge in [-0.1, -0.05) is 0 Å². The number of morpholine rings is 1. The van der Waals surface area contributed by atoms with Gasteiger partial charge in [0.15, 0.2) is 15.7 Å². The van der Waals surface area contributed by atoms with Crippen molar-refractivity contribution in [3.63, 3.8) is 0 Å². The van der Waals surface area contributed by atoms with Crippen molar-refractivity contribution in [1.29, 1.82) is 0 Å². The Kier molecular flexibility index (Phi) is 4.94. The van der Waals surface area contributed by atoms with Gasteiger partial charge in [-0.3, -0.25) is 9.59 Å². The number of sulfone groups is 1. The number of ether oxygens (including phenoxy) is 1. The average molecular weight is 396 g/mol. The molecular formula is C17H24N4O5S. The molecule has 1 atom stereocenters. The first kappa shape index (κ1) is 18.4. The van der Waals surface area contributed by atoms with Crippen LogP contribution in [0.25, 0.3) is 0 Å². The normalized spacial score (nSPS) is 24.4. The van der Waals surface area contributed by atoms with E-state index < -0.39 is 9.84 Å². The summed E-state index contributed by atoms with van der Waals surface area (Å²) in [5.41, 5.74) is 1.03. The molecule has 1 aromatic rings. The molecule has 1 N–H and O–H groups in total. The van der Waals surface area contributed by atoms with Gasteiger partial charge in [-0.2, -0.15) is 0 Å². The van der Waals surface area contributed by atoms with E-state index in [1.165, 1.54) is 0 Å². The van der Waals surface area contributed by atoms with Gasteiger partial charge in [0.05, 0.1) is 30.4 Å². The molecule has 0 bridgehead atoms. The molecule has 0 aliphatic carbocycles. The molecular weight excluding hydrogens is 372 g/mol. The van der Waals surface area contributed by atoms with Crippen molar-refractivity contribution in [3.8, 4) is 0 Å². The maximum atomic E-state index is 12.9. The van der Waals surface area contributed by atoms with Crippen molar-refractivity contribution < 1.29 is 22.7 Å². The van der Waals surface area contributed by atoms with Crippen molar-refractivity contribution in [3.05, 3.63) is 17.2 Å². The molecule has 2 fully saturated rings. The van der Waals surface area contributed by atoms with E-state index >= 15 is 0 Å². The molecule has 4 rings (SSSR count). The first-order valence-electron chi connectivity index (χ1n) is 9.42. The number of carbonyl (C=O) groups is 2. The highest BCUT2D eigenvalue weighted by molar-refractivity contribution is 7.91. The Hall–Kier alpha value is -1.94. The minimum absolute atomic E-state index is 0.0334. The fraction of sp³-hybridized carbons (Fsp3) is 0.706. The van der Waals surface area contributed by atoms with Crippen molar-refractivity contribution in [1.82, 2.24) is 19.8 Å². The van der Waals surface area contributed by atoms with Crippen LogP contribution in [0, 0.1) is 0 Å². The SMILES string of the molecule is O=C(NC1CCS(=O)(=O)C1)c1nc(C(=O)N2CCOCC2)n2c1CCCC2. The number of carbonyl (C=O) groups excluding carboxylic acids is 2. The summed E-state index contributed by atoms with van der Waals surface area (Å²) in [4.78, 5) is 31.8. The fourth-order valence-corrected chi connectivity index (χ4v) is 5.63. The van der Waals surface area contributed by atoms with Crippen molar-refractivity contribution in [2.24, 2.45) is 0 Å². The second-order valence-electron chi connectivity index (χ2n) is 7.32. The Morgan fingerprint density at radius 3 is 2.63 bits per heavy atom. The Bertz CT molecular complexity index is 857. The lowest BCUT2D eigenvalue weighted by molar-refractivity contribution is 0.0291. The van der Waals surface area contributed by atoms with Crippen molar-refractivity contribution in [2.75, 3.05) is 37.8 Å². The molecule has 3 aliphatic heterocycles. The molecule has 0 aromatic carbocycles. The summed E-state index contributed by atoms with van der Waals surface area (Å²) in [6.45, 7) is 2.70. The molecule has 2 saturated heterocycles. The third-order valence-corrected chi connectivity index (χ3v) is 7.16. The fourth-order valence-electron chi connectivity index (χ4n) is 3.96. The van der Waals surface area contributed by atoms with Gasteiger partial charge in [0.1, 0.15) is 5.69 Å². The van der Waals surface area contributed by atoms with Crippen LogP contribution in [0.5, 0.6) is 0 Å². The Morgan fingerprint density at radius 2 is 1.93 bits per heavy atom.